The van der Waals surface area contributed by atoms with Crippen molar-refractivity contribution in [3.05, 3.63) is 16.7 Å². The van der Waals surface area contributed by atoms with Crippen molar-refractivity contribution in [2.75, 3.05) is 25.6 Å². The number of aliphatic hydroxyl groups is 3. The zero-order valence-corrected chi connectivity index (χ0v) is 13.0. The molecule has 4 N–H and O–H groups in total. The lowest BCUT2D eigenvalue weighted by atomic mass is 10.1. The van der Waals surface area contributed by atoms with Crippen molar-refractivity contribution >= 4 is 17.1 Å². The molecule has 10 nitrogen and oxygen atoms in total. The molecule has 0 saturated carbocycles. The second-order valence-corrected chi connectivity index (χ2v) is 5.82. The van der Waals surface area contributed by atoms with Crippen LogP contribution in [0.25, 0.3) is 11.2 Å². The van der Waals surface area contributed by atoms with Gasteiger partial charge >= 0.3 is 5.65 Å². The molecule has 1 unspecified atom stereocenters. The Hall–Kier alpha value is -2.01. The number of aromatic amines is 1. The third-order valence-corrected chi connectivity index (χ3v) is 3.97. The van der Waals surface area contributed by atoms with Crippen molar-refractivity contribution in [1.82, 2.24) is 14.5 Å². The van der Waals surface area contributed by atoms with Gasteiger partial charge in [0.25, 0.3) is 11.5 Å². The molecule has 1 aliphatic rings. The molecule has 0 radical (unpaired) electrons. The average molecular weight is 326 g/mol. The first-order chi connectivity index (χ1) is 10.8. The Balaban J connectivity index is 2.17. The number of anilines is 1. The van der Waals surface area contributed by atoms with E-state index in [2.05, 4.69) is 9.97 Å². The third-order valence-electron chi connectivity index (χ3n) is 3.97. The highest BCUT2D eigenvalue weighted by Crippen LogP contribution is 2.26. The predicted molar refractivity (Wildman–Crippen MR) is 78.9 cm³/mol. The summed E-state index contributed by atoms with van der Waals surface area (Å²) in [5.74, 6) is 0.356. The highest BCUT2D eigenvalue weighted by atomic mass is 16.6. The predicted octanol–water partition coefficient (Wildman–Crippen LogP) is -2.77. The zero-order valence-electron chi connectivity index (χ0n) is 13.0. The minimum absolute atomic E-state index is 0.313. The largest absolute Gasteiger partial charge is 0.394 e. The van der Waals surface area contributed by atoms with Crippen LogP contribution in [0.4, 0.5) is 5.95 Å². The van der Waals surface area contributed by atoms with Crippen molar-refractivity contribution in [2.45, 2.75) is 24.5 Å². The number of aryl methyl sites for hydroxylation is 1. The monoisotopic (exact) mass is 326 g/mol. The molecule has 4 atom stereocenters. The number of imidazole rings is 1. The van der Waals surface area contributed by atoms with Crippen LogP contribution in [-0.2, 0) is 11.8 Å². The van der Waals surface area contributed by atoms with Crippen LogP contribution in [0.1, 0.15) is 6.23 Å². The van der Waals surface area contributed by atoms with Gasteiger partial charge in [-0.2, -0.15) is 0 Å². The number of fused-ring (bicyclic) bond motifs is 1. The Morgan fingerprint density at radius 3 is 2.70 bits per heavy atom. The lowest BCUT2D eigenvalue weighted by molar-refractivity contribution is -0.745. The van der Waals surface area contributed by atoms with Crippen LogP contribution in [0.15, 0.2) is 11.1 Å². The number of rotatable bonds is 3. The molecule has 126 valence electrons. The van der Waals surface area contributed by atoms with Gasteiger partial charge in [-0.25, -0.2) is 4.57 Å². The van der Waals surface area contributed by atoms with Gasteiger partial charge in [0.1, 0.15) is 18.3 Å². The number of nitrogens with zero attached hydrogens (tertiary/aromatic N) is 4. The standard InChI is InChI=1S/C13H19N5O5/c1-16(2)13-14-10-7(11(22)15-13)17(3)5-18(10)12-9(21)8(20)6(4-19)23-12/h5-6,8-9,12,19-21H,4H2,1-3H3/p+1/t6-,8+,9?,12-/m1/s1. The molecule has 0 aliphatic carbocycles. The minimum atomic E-state index is -1.24. The molecule has 1 saturated heterocycles. The number of hydrogen-bond acceptors (Lipinski definition) is 7. The highest BCUT2D eigenvalue weighted by Gasteiger charge is 2.46. The molecule has 3 rings (SSSR count). The Kier molecular flexibility index (Phi) is 3.84. The van der Waals surface area contributed by atoms with E-state index in [1.165, 1.54) is 4.57 Å². The Labute approximate surface area is 131 Å². The quantitative estimate of drug-likeness (QED) is 0.449. The van der Waals surface area contributed by atoms with E-state index in [1.54, 1.807) is 36.9 Å². The molecule has 1 fully saturated rings. The third kappa shape index (κ3) is 2.39. The zero-order chi connectivity index (χ0) is 16.9. The van der Waals surface area contributed by atoms with Crippen molar-refractivity contribution < 1.29 is 24.6 Å². The van der Waals surface area contributed by atoms with Crippen LogP contribution in [0.5, 0.6) is 0 Å². The summed E-state index contributed by atoms with van der Waals surface area (Å²) in [6.07, 6.45) is -2.75. The number of aliphatic hydroxyl groups excluding tert-OH is 3. The Morgan fingerprint density at radius 1 is 1.43 bits per heavy atom. The van der Waals surface area contributed by atoms with Gasteiger partial charge in [-0.15, -0.1) is 0 Å². The van der Waals surface area contributed by atoms with Crippen LogP contribution in [-0.4, -0.2) is 68.9 Å². The molecule has 0 aromatic carbocycles. The van der Waals surface area contributed by atoms with E-state index in [0.29, 0.717) is 17.1 Å². The van der Waals surface area contributed by atoms with E-state index in [0.717, 1.165) is 0 Å². The summed E-state index contributed by atoms with van der Waals surface area (Å²) in [5, 5.41) is 29.3. The number of ether oxygens (including phenoxy) is 1. The fraction of sp³-hybridized carbons (Fsp3) is 0.615. The van der Waals surface area contributed by atoms with Crippen LogP contribution in [0.3, 0.4) is 0 Å². The SMILES string of the molecule is CN(C)c1nc2c(c(=O)[nH]1)n(C)c[n+]2[C@@H]1O[C@H](CO)[C@H](O)C1O. The molecule has 1 aliphatic heterocycles. The molecule has 23 heavy (non-hydrogen) atoms. The summed E-state index contributed by atoms with van der Waals surface area (Å²) < 4.78 is 8.57. The fourth-order valence-corrected chi connectivity index (χ4v) is 2.75. The van der Waals surface area contributed by atoms with Gasteiger partial charge in [0, 0.05) is 14.1 Å². The molecule has 0 spiro atoms. The van der Waals surface area contributed by atoms with Gasteiger partial charge in [-0.1, -0.05) is 4.98 Å². The summed E-state index contributed by atoms with van der Waals surface area (Å²) in [5.41, 5.74) is 0.301. The molecule has 10 heteroatoms. The first-order valence-corrected chi connectivity index (χ1v) is 7.15. The summed E-state index contributed by atoms with van der Waals surface area (Å²) in [6.45, 7) is -0.420. The molecular formula is C13H20N5O5+. The van der Waals surface area contributed by atoms with E-state index in [-0.39, 0.29) is 5.56 Å². The number of nitrogens with one attached hydrogen (secondary N) is 1. The maximum Gasteiger partial charge on any atom is 0.313 e. The van der Waals surface area contributed by atoms with Gasteiger partial charge in [0.05, 0.1) is 13.7 Å². The minimum Gasteiger partial charge on any atom is -0.394 e. The van der Waals surface area contributed by atoms with Gasteiger partial charge in [0.15, 0.2) is 6.33 Å². The first kappa shape index (κ1) is 15.9. The first-order valence-electron chi connectivity index (χ1n) is 7.15. The second kappa shape index (κ2) is 5.57. The molecule has 2 aromatic heterocycles. The van der Waals surface area contributed by atoms with E-state index in [1.807, 2.05) is 0 Å². The Bertz CT molecular complexity index is 785. The lowest BCUT2D eigenvalue weighted by Crippen LogP contribution is -2.46. The maximum atomic E-state index is 12.3. The number of hydrogen-bond donors (Lipinski definition) is 4. The average Bonchev–Trinajstić information content (AvgIpc) is 2.98. The molecule has 3 heterocycles. The molecular weight excluding hydrogens is 306 g/mol. The van der Waals surface area contributed by atoms with Crippen LogP contribution in [0, 0.1) is 0 Å². The number of aromatic nitrogens is 4. The van der Waals surface area contributed by atoms with E-state index >= 15 is 0 Å². The van der Waals surface area contributed by atoms with Crippen LogP contribution < -0.4 is 15.0 Å². The van der Waals surface area contributed by atoms with E-state index in [4.69, 9.17) is 4.74 Å². The van der Waals surface area contributed by atoms with Gasteiger partial charge in [0.2, 0.25) is 11.7 Å². The van der Waals surface area contributed by atoms with Gasteiger partial charge in [-0.3, -0.25) is 14.3 Å². The van der Waals surface area contributed by atoms with Crippen LogP contribution in [0.2, 0.25) is 0 Å². The Morgan fingerprint density at radius 2 is 2.13 bits per heavy atom. The van der Waals surface area contributed by atoms with E-state index in [9.17, 15) is 20.1 Å². The van der Waals surface area contributed by atoms with Crippen molar-refractivity contribution in [3.63, 3.8) is 0 Å². The summed E-state index contributed by atoms with van der Waals surface area (Å²) in [6, 6.07) is 0. The van der Waals surface area contributed by atoms with Crippen molar-refractivity contribution in [2.24, 2.45) is 7.05 Å². The summed E-state index contributed by atoms with van der Waals surface area (Å²) in [4.78, 5) is 21.0. The van der Waals surface area contributed by atoms with Crippen molar-refractivity contribution in [3.8, 4) is 0 Å². The fourth-order valence-electron chi connectivity index (χ4n) is 2.75. The summed E-state index contributed by atoms with van der Waals surface area (Å²) in [7, 11) is 5.15. The topological polar surface area (TPSA) is 128 Å². The van der Waals surface area contributed by atoms with Gasteiger partial charge < -0.3 is 25.0 Å². The second-order valence-electron chi connectivity index (χ2n) is 5.82. The lowest BCUT2D eigenvalue weighted by Gasteiger charge is -2.12. The molecule has 0 bridgehead atoms. The molecule has 0 amide bonds. The highest BCUT2D eigenvalue weighted by molar-refractivity contribution is 5.67. The smallest absolute Gasteiger partial charge is 0.313 e. The normalized spacial score (nSPS) is 27.7. The van der Waals surface area contributed by atoms with Gasteiger partial charge in [-0.05, 0) is 0 Å². The summed E-state index contributed by atoms with van der Waals surface area (Å²) >= 11 is 0. The molecule has 2 aromatic rings. The maximum absolute atomic E-state index is 12.3. The van der Waals surface area contributed by atoms with Crippen LogP contribution >= 0.6 is 0 Å². The number of H-pyrrole nitrogens is 1. The van der Waals surface area contributed by atoms with Crippen molar-refractivity contribution in [1.29, 1.82) is 0 Å². The van der Waals surface area contributed by atoms with E-state index < -0.39 is 31.1 Å².